The van der Waals surface area contributed by atoms with Gasteiger partial charge in [0.05, 0.1) is 11.1 Å². The van der Waals surface area contributed by atoms with Crippen LogP contribution in [0.1, 0.15) is 22.8 Å². The number of aromatic nitrogens is 1. The lowest BCUT2D eigenvalue weighted by Gasteiger charge is -2.23. The maximum atomic E-state index is 13.7. The van der Waals surface area contributed by atoms with Crippen molar-refractivity contribution in [3.63, 3.8) is 0 Å². The Morgan fingerprint density at radius 2 is 1.76 bits per heavy atom. The van der Waals surface area contributed by atoms with Crippen molar-refractivity contribution in [1.82, 2.24) is 4.98 Å². The van der Waals surface area contributed by atoms with Crippen LogP contribution in [0.5, 0.6) is 11.6 Å². The average molecular weight is 421 g/mol. The second-order valence-corrected chi connectivity index (χ2v) is 6.44. The summed E-state index contributed by atoms with van der Waals surface area (Å²) in [7, 11) is 0. The van der Waals surface area contributed by atoms with Gasteiger partial charge < -0.3 is 9.64 Å². The van der Waals surface area contributed by atoms with E-state index in [0.29, 0.717) is 16.5 Å². The summed E-state index contributed by atoms with van der Waals surface area (Å²) in [5, 5.41) is 0.456. The number of amides is 1. The van der Waals surface area contributed by atoms with Crippen LogP contribution >= 0.6 is 11.6 Å². The molecule has 1 amide bonds. The fourth-order valence-corrected chi connectivity index (χ4v) is 2.84. The Morgan fingerprint density at radius 1 is 1.10 bits per heavy atom. The summed E-state index contributed by atoms with van der Waals surface area (Å²) >= 11 is 5.85. The van der Waals surface area contributed by atoms with E-state index in [2.05, 4.69) is 4.98 Å². The van der Waals surface area contributed by atoms with Crippen LogP contribution in [-0.2, 0) is 6.18 Å². The molecule has 3 rings (SSSR count). The van der Waals surface area contributed by atoms with Gasteiger partial charge in [-0.2, -0.15) is 13.2 Å². The zero-order chi connectivity index (χ0) is 21.0. The third-order valence-electron chi connectivity index (χ3n) is 4.08. The number of pyridine rings is 1. The normalized spacial score (nSPS) is 11.2. The molecule has 29 heavy (non-hydrogen) atoms. The minimum absolute atomic E-state index is 0.167. The minimum atomic E-state index is -4.76. The molecular weight excluding hydrogens is 405 g/mol. The first-order chi connectivity index (χ1) is 13.8. The topological polar surface area (TPSA) is 42.4 Å². The second-order valence-electron chi connectivity index (χ2n) is 6.01. The van der Waals surface area contributed by atoms with Gasteiger partial charge in [-0.25, -0.2) is 4.98 Å². The van der Waals surface area contributed by atoms with Gasteiger partial charge in [0.15, 0.2) is 0 Å². The molecule has 0 unspecified atom stereocenters. The zero-order valence-corrected chi connectivity index (χ0v) is 16.0. The highest BCUT2D eigenvalue weighted by Crippen LogP contribution is 2.35. The highest BCUT2D eigenvalue weighted by atomic mass is 35.5. The molecule has 1 heterocycles. The molecule has 0 aliphatic rings. The summed E-state index contributed by atoms with van der Waals surface area (Å²) in [5.74, 6) is -0.737. The fourth-order valence-electron chi connectivity index (χ4n) is 2.72. The third-order valence-corrected chi connectivity index (χ3v) is 4.33. The first-order valence-electron chi connectivity index (χ1n) is 8.67. The van der Waals surface area contributed by atoms with Gasteiger partial charge >= 0.3 is 6.18 Å². The average Bonchev–Trinajstić information content (AvgIpc) is 2.70. The predicted molar refractivity (Wildman–Crippen MR) is 105 cm³/mol. The summed E-state index contributed by atoms with van der Waals surface area (Å²) in [6, 6.07) is 15.3. The monoisotopic (exact) mass is 420 g/mol. The largest absolute Gasteiger partial charge is 0.439 e. The Bertz CT molecular complexity index is 993. The molecule has 0 aliphatic heterocycles. The molecule has 150 valence electrons. The van der Waals surface area contributed by atoms with Crippen LogP contribution in [0, 0.1) is 0 Å². The first kappa shape index (κ1) is 20.7. The fraction of sp³-hybridized carbons (Fsp3) is 0.143. The van der Waals surface area contributed by atoms with Gasteiger partial charge in [0.2, 0.25) is 5.88 Å². The van der Waals surface area contributed by atoms with E-state index in [1.807, 2.05) is 0 Å². The van der Waals surface area contributed by atoms with Crippen LogP contribution < -0.4 is 9.64 Å². The number of carbonyl (C=O) groups is 1. The Morgan fingerprint density at radius 3 is 2.34 bits per heavy atom. The van der Waals surface area contributed by atoms with E-state index in [-0.39, 0.29) is 12.4 Å². The van der Waals surface area contributed by atoms with Crippen LogP contribution in [0.3, 0.4) is 0 Å². The predicted octanol–water partition coefficient (Wildman–Crippen LogP) is 6.21. The molecule has 0 bridgehead atoms. The maximum Gasteiger partial charge on any atom is 0.417 e. The molecule has 0 N–H and O–H groups in total. The van der Waals surface area contributed by atoms with Gasteiger partial charge in [-0.15, -0.1) is 0 Å². The number of hydrogen-bond donors (Lipinski definition) is 0. The summed E-state index contributed by atoms with van der Waals surface area (Å²) in [5.41, 5.74) is -1.25. The standard InChI is InChI=1S/C21H16ClF3N2O2/c1-2-27(15-10-8-14(22)9-11-15)20(28)17-13-26-19(12-18(17)21(23,24)25)29-16-6-4-3-5-7-16/h3-13H,2H2,1H3. The van der Waals surface area contributed by atoms with Crippen LogP contribution in [-0.4, -0.2) is 17.4 Å². The van der Waals surface area contributed by atoms with E-state index in [9.17, 15) is 18.0 Å². The van der Waals surface area contributed by atoms with E-state index < -0.39 is 23.2 Å². The number of para-hydroxylation sites is 1. The van der Waals surface area contributed by atoms with Crippen molar-refractivity contribution >= 4 is 23.2 Å². The molecule has 8 heteroatoms. The Labute approximate surface area is 170 Å². The molecule has 3 aromatic rings. The zero-order valence-electron chi connectivity index (χ0n) is 15.3. The van der Waals surface area contributed by atoms with Gasteiger partial charge in [0.25, 0.3) is 5.91 Å². The van der Waals surface area contributed by atoms with Crippen molar-refractivity contribution in [3.8, 4) is 11.6 Å². The third kappa shape index (κ3) is 4.86. The number of carbonyl (C=O) groups excluding carboxylic acids is 1. The van der Waals surface area contributed by atoms with E-state index in [1.165, 1.54) is 4.90 Å². The van der Waals surface area contributed by atoms with Gasteiger partial charge in [0.1, 0.15) is 5.75 Å². The van der Waals surface area contributed by atoms with Gasteiger partial charge in [-0.1, -0.05) is 29.8 Å². The molecule has 2 aromatic carbocycles. The highest BCUT2D eigenvalue weighted by molar-refractivity contribution is 6.30. The first-order valence-corrected chi connectivity index (χ1v) is 9.05. The van der Waals surface area contributed by atoms with Crippen LogP contribution in [0.4, 0.5) is 18.9 Å². The number of nitrogens with zero attached hydrogens (tertiary/aromatic N) is 2. The summed E-state index contributed by atoms with van der Waals surface area (Å²) in [6.07, 6.45) is -3.87. The van der Waals surface area contributed by atoms with Gasteiger partial charge in [-0.05, 0) is 43.3 Å². The smallest absolute Gasteiger partial charge is 0.417 e. The number of alkyl halides is 3. The number of anilines is 1. The SMILES string of the molecule is CCN(C(=O)c1cnc(Oc2ccccc2)cc1C(F)(F)F)c1ccc(Cl)cc1. The van der Waals surface area contributed by atoms with Gasteiger partial charge in [0, 0.05) is 29.5 Å². The van der Waals surface area contributed by atoms with Crippen molar-refractivity contribution in [2.24, 2.45) is 0 Å². The van der Waals surface area contributed by atoms with E-state index >= 15 is 0 Å². The number of ether oxygens (including phenoxy) is 1. The Balaban J connectivity index is 1.98. The van der Waals surface area contributed by atoms with Crippen molar-refractivity contribution in [2.75, 3.05) is 11.4 Å². The van der Waals surface area contributed by atoms with Crippen LogP contribution in [0.15, 0.2) is 66.9 Å². The van der Waals surface area contributed by atoms with Crippen molar-refractivity contribution in [2.45, 2.75) is 13.1 Å². The Hall–Kier alpha value is -3.06. The van der Waals surface area contributed by atoms with Crippen LogP contribution in [0.2, 0.25) is 5.02 Å². The lowest BCUT2D eigenvalue weighted by Crippen LogP contribution is -2.32. The molecule has 1 aromatic heterocycles. The highest BCUT2D eigenvalue weighted by Gasteiger charge is 2.37. The number of halogens is 4. The second kappa shape index (κ2) is 8.53. The molecule has 0 saturated carbocycles. The minimum Gasteiger partial charge on any atom is -0.439 e. The van der Waals surface area contributed by atoms with Crippen molar-refractivity contribution < 1.29 is 22.7 Å². The molecular formula is C21H16ClF3N2O2. The van der Waals surface area contributed by atoms with Crippen molar-refractivity contribution in [3.05, 3.63) is 83.0 Å². The molecule has 0 fully saturated rings. The lowest BCUT2D eigenvalue weighted by molar-refractivity contribution is -0.138. The van der Waals surface area contributed by atoms with E-state index in [0.717, 1.165) is 12.3 Å². The van der Waals surface area contributed by atoms with E-state index in [4.69, 9.17) is 16.3 Å². The summed E-state index contributed by atoms with van der Waals surface area (Å²) in [6.45, 7) is 1.83. The van der Waals surface area contributed by atoms with Gasteiger partial charge in [-0.3, -0.25) is 4.79 Å². The summed E-state index contributed by atoms with van der Waals surface area (Å²) < 4.78 is 46.4. The molecule has 0 spiro atoms. The van der Waals surface area contributed by atoms with Crippen LogP contribution in [0.25, 0.3) is 0 Å². The molecule has 0 saturated heterocycles. The number of hydrogen-bond acceptors (Lipinski definition) is 3. The maximum absolute atomic E-state index is 13.7. The lowest BCUT2D eigenvalue weighted by atomic mass is 10.1. The molecule has 0 radical (unpaired) electrons. The van der Waals surface area contributed by atoms with E-state index in [1.54, 1.807) is 61.5 Å². The van der Waals surface area contributed by atoms with Crippen molar-refractivity contribution in [1.29, 1.82) is 0 Å². The molecule has 0 atom stereocenters. The Kier molecular flexibility index (Phi) is 6.08. The quantitative estimate of drug-likeness (QED) is 0.492. The number of rotatable bonds is 5. The summed E-state index contributed by atoms with van der Waals surface area (Å²) in [4.78, 5) is 18.0. The number of benzene rings is 2. The molecule has 0 aliphatic carbocycles. The molecule has 4 nitrogen and oxygen atoms in total.